The highest BCUT2D eigenvalue weighted by atomic mass is 19.4. The van der Waals surface area contributed by atoms with Crippen LogP contribution >= 0.6 is 0 Å². The molecule has 2 aromatic carbocycles. The van der Waals surface area contributed by atoms with Crippen LogP contribution in [0.3, 0.4) is 0 Å². The van der Waals surface area contributed by atoms with Gasteiger partial charge in [0.05, 0.1) is 16.9 Å². The van der Waals surface area contributed by atoms with Crippen LogP contribution < -0.4 is 15.5 Å². The largest absolute Gasteiger partial charge is 0.416 e. The van der Waals surface area contributed by atoms with Crippen LogP contribution in [-0.4, -0.2) is 36.4 Å². The second kappa shape index (κ2) is 8.30. The fourth-order valence-corrected chi connectivity index (χ4v) is 3.93. The Morgan fingerprint density at radius 2 is 1.81 bits per heavy atom. The molecule has 0 amide bonds. The molecule has 2 N–H and O–H groups in total. The van der Waals surface area contributed by atoms with Crippen LogP contribution in [0.25, 0.3) is 10.8 Å². The smallest absolute Gasteiger partial charge is 0.367 e. The van der Waals surface area contributed by atoms with Gasteiger partial charge in [-0.3, -0.25) is 0 Å². The van der Waals surface area contributed by atoms with Gasteiger partial charge in [0.25, 0.3) is 0 Å². The van der Waals surface area contributed by atoms with Crippen molar-refractivity contribution >= 4 is 22.3 Å². The predicted molar refractivity (Wildman–Crippen MR) is 113 cm³/mol. The van der Waals surface area contributed by atoms with Crippen molar-refractivity contribution in [3.05, 3.63) is 58.5 Å². The van der Waals surface area contributed by atoms with Crippen LogP contribution in [0.4, 0.5) is 29.1 Å². The van der Waals surface area contributed by atoms with E-state index in [0.29, 0.717) is 46.6 Å². The number of nitrogens with zero attached hydrogens (tertiary/aromatic N) is 3. The number of rotatable bonds is 4. The molecule has 164 valence electrons. The fraction of sp³-hybridized carbons (Fsp3) is 0.364. The molecule has 0 bridgehead atoms. The third-order valence-corrected chi connectivity index (χ3v) is 5.69. The summed E-state index contributed by atoms with van der Waals surface area (Å²) in [4.78, 5) is 1.97. The van der Waals surface area contributed by atoms with Gasteiger partial charge in [-0.05, 0) is 43.2 Å². The van der Waals surface area contributed by atoms with Crippen LogP contribution in [-0.2, 0) is 12.7 Å². The van der Waals surface area contributed by atoms with Crippen molar-refractivity contribution in [1.82, 2.24) is 15.5 Å². The van der Waals surface area contributed by atoms with E-state index >= 15 is 0 Å². The maximum absolute atomic E-state index is 14.8. The molecule has 0 saturated carbocycles. The Balaban J connectivity index is 1.69. The molecule has 0 radical (unpaired) electrons. The first kappa shape index (κ1) is 21.3. The molecule has 0 spiro atoms. The van der Waals surface area contributed by atoms with Crippen molar-refractivity contribution in [3.8, 4) is 0 Å². The lowest BCUT2D eigenvalue weighted by Gasteiger charge is -2.30. The van der Waals surface area contributed by atoms with Crippen molar-refractivity contribution in [2.24, 2.45) is 0 Å². The molecule has 1 fully saturated rings. The number of halogens is 4. The molecule has 9 heteroatoms. The maximum Gasteiger partial charge on any atom is 0.416 e. The molecular formula is C22H23F4N5. The number of aromatic nitrogens is 2. The summed E-state index contributed by atoms with van der Waals surface area (Å²) in [5.41, 5.74) is 1.09. The molecule has 1 aliphatic heterocycles. The third-order valence-electron chi connectivity index (χ3n) is 5.69. The minimum Gasteiger partial charge on any atom is -0.367 e. The Morgan fingerprint density at radius 1 is 1.06 bits per heavy atom. The number of piperazine rings is 1. The molecule has 5 nitrogen and oxygen atoms in total. The topological polar surface area (TPSA) is 53.1 Å². The van der Waals surface area contributed by atoms with E-state index < -0.39 is 11.7 Å². The highest BCUT2D eigenvalue weighted by molar-refractivity contribution is 5.95. The molecule has 4 rings (SSSR count). The van der Waals surface area contributed by atoms with Crippen molar-refractivity contribution in [3.63, 3.8) is 0 Å². The third kappa shape index (κ3) is 4.27. The van der Waals surface area contributed by atoms with Gasteiger partial charge in [-0.25, -0.2) is 4.39 Å². The Labute approximate surface area is 177 Å². The van der Waals surface area contributed by atoms with Crippen LogP contribution in [0.5, 0.6) is 0 Å². The highest BCUT2D eigenvalue weighted by Gasteiger charge is 2.32. The summed E-state index contributed by atoms with van der Waals surface area (Å²) in [5, 5.41) is 16.0. The normalized spacial score (nSPS) is 14.8. The van der Waals surface area contributed by atoms with E-state index in [4.69, 9.17) is 0 Å². The molecule has 1 aliphatic rings. The first-order chi connectivity index (χ1) is 14.8. The van der Waals surface area contributed by atoms with Gasteiger partial charge in [0.2, 0.25) is 0 Å². The van der Waals surface area contributed by atoms with Crippen LogP contribution in [0, 0.1) is 19.7 Å². The lowest BCUT2D eigenvalue weighted by Crippen LogP contribution is -2.43. The summed E-state index contributed by atoms with van der Waals surface area (Å²) in [6.45, 7) is 6.26. The number of hydrogen-bond donors (Lipinski definition) is 2. The number of hydrogen-bond acceptors (Lipinski definition) is 5. The van der Waals surface area contributed by atoms with Gasteiger partial charge in [-0.2, -0.15) is 18.3 Å². The molecule has 31 heavy (non-hydrogen) atoms. The number of alkyl halides is 3. The molecule has 0 unspecified atom stereocenters. The van der Waals surface area contributed by atoms with Gasteiger partial charge < -0.3 is 15.5 Å². The second-order valence-corrected chi connectivity index (χ2v) is 7.66. The minimum atomic E-state index is -4.41. The van der Waals surface area contributed by atoms with Gasteiger partial charge in [0.15, 0.2) is 5.82 Å². The van der Waals surface area contributed by atoms with Crippen molar-refractivity contribution in [2.45, 2.75) is 26.6 Å². The Bertz CT molecular complexity index is 1110. The van der Waals surface area contributed by atoms with Gasteiger partial charge >= 0.3 is 6.18 Å². The van der Waals surface area contributed by atoms with Gasteiger partial charge in [0.1, 0.15) is 5.82 Å². The lowest BCUT2D eigenvalue weighted by molar-refractivity contribution is -0.138. The average Bonchev–Trinajstić information content (AvgIpc) is 2.74. The summed E-state index contributed by atoms with van der Waals surface area (Å²) in [6.07, 6.45) is -4.41. The zero-order valence-electron chi connectivity index (χ0n) is 17.3. The Kier molecular flexibility index (Phi) is 5.70. The van der Waals surface area contributed by atoms with Gasteiger partial charge in [0, 0.05) is 43.5 Å². The minimum absolute atomic E-state index is 0.142. The van der Waals surface area contributed by atoms with Crippen molar-refractivity contribution in [1.29, 1.82) is 0 Å². The van der Waals surface area contributed by atoms with Crippen LogP contribution in [0.1, 0.15) is 22.4 Å². The summed E-state index contributed by atoms with van der Waals surface area (Å²) in [6, 6.07) is 7.32. The molecular weight excluding hydrogens is 410 g/mol. The van der Waals surface area contributed by atoms with E-state index in [2.05, 4.69) is 20.8 Å². The Hall–Kier alpha value is -2.94. The van der Waals surface area contributed by atoms with E-state index in [1.807, 2.05) is 4.90 Å². The summed E-state index contributed by atoms with van der Waals surface area (Å²) >= 11 is 0. The number of fused-ring (bicyclic) bond motifs is 1. The van der Waals surface area contributed by atoms with Crippen LogP contribution in [0.15, 0.2) is 30.3 Å². The molecule has 0 aliphatic carbocycles. The predicted octanol–water partition coefficient (Wildman–Crippen LogP) is 4.43. The summed E-state index contributed by atoms with van der Waals surface area (Å²) < 4.78 is 54.5. The fourth-order valence-electron chi connectivity index (χ4n) is 3.93. The lowest BCUT2D eigenvalue weighted by atomic mass is 10.0. The zero-order valence-corrected chi connectivity index (χ0v) is 17.3. The summed E-state index contributed by atoms with van der Waals surface area (Å²) in [5.74, 6) is 0.0824. The molecule has 0 atom stereocenters. The van der Waals surface area contributed by atoms with Crippen molar-refractivity contribution in [2.75, 3.05) is 36.4 Å². The second-order valence-electron chi connectivity index (χ2n) is 7.66. The van der Waals surface area contributed by atoms with E-state index in [0.717, 1.165) is 19.2 Å². The van der Waals surface area contributed by atoms with E-state index in [9.17, 15) is 17.6 Å². The Morgan fingerprint density at radius 3 is 2.52 bits per heavy atom. The standard InChI is InChI=1S/C22H23F4N5/c1-13-15(4-3-5-18(13)22(24,25)26)12-28-21-17-11-20(31-8-6-27-7-9-31)19(23)10-16(17)14(2)29-30-21/h3-5,10-11,27H,6-9,12H2,1-2H3,(H,28,30). The number of nitrogens with one attached hydrogen (secondary N) is 2. The van der Waals surface area contributed by atoms with Gasteiger partial charge in [-0.1, -0.05) is 12.1 Å². The van der Waals surface area contributed by atoms with E-state index in [-0.39, 0.29) is 17.9 Å². The van der Waals surface area contributed by atoms with E-state index in [1.165, 1.54) is 19.1 Å². The quantitative estimate of drug-likeness (QED) is 0.597. The number of benzene rings is 2. The molecule has 1 aromatic heterocycles. The first-order valence-corrected chi connectivity index (χ1v) is 10.1. The highest BCUT2D eigenvalue weighted by Crippen LogP contribution is 2.34. The summed E-state index contributed by atoms with van der Waals surface area (Å²) in [7, 11) is 0. The first-order valence-electron chi connectivity index (χ1n) is 10.1. The number of anilines is 2. The SMILES string of the molecule is Cc1c(CNc2nnc(C)c3cc(F)c(N4CCNCC4)cc23)cccc1C(F)(F)F. The van der Waals surface area contributed by atoms with Crippen LogP contribution in [0.2, 0.25) is 0 Å². The monoisotopic (exact) mass is 433 g/mol. The van der Waals surface area contributed by atoms with Crippen molar-refractivity contribution < 1.29 is 17.6 Å². The zero-order chi connectivity index (χ0) is 22.2. The maximum atomic E-state index is 14.8. The molecule has 2 heterocycles. The average molecular weight is 433 g/mol. The number of aryl methyl sites for hydroxylation is 1. The molecule has 1 saturated heterocycles. The van der Waals surface area contributed by atoms with E-state index in [1.54, 1.807) is 19.1 Å². The van der Waals surface area contributed by atoms with Gasteiger partial charge in [-0.15, -0.1) is 5.10 Å². The molecule has 3 aromatic rings.